The number of aliphatic hydroxyl groups excluding tert-OH is 1. The minimum atomic E-state index is -0.176. The lowest BCUT2D eigenvalue weighted by Crippen LogP contribution is -2.36. The van der Waals surface area contributed by atoms with E-state index in [1.165, 1.54) is 12.8 Å². The molecule has 2 unspecified atom stereocenters. The Hall–Kier alpha value is -1.56. The molecule has 0 saturated heterocycles. The van der Waals surface area contributed by atoms with E-state index in [-0.39, 0.29) is 12.5 Å². The number of nitrogens with one attached hydrogen (secondary N) is 1. The summed E-state index contributed by atoms with van der Waals surface area (Å²) in [6, 6.07) is 0. The minimum absolute atomic E-state index is 0.176. The molecule has 0 aromatic carbocycles. The summed E-state index contributed by atoms with van der Waals surface area (Å²) in [6.07, 6.45) is 5.16. The van der Waals surface area contributed by atoms with Crippen LogP contribution in [0.25, 0.3) is 0 Å². The highest BCUT2D eigenvalue weighted by Crippen LogP contribution is 2.29. The maximum Gasteiger partial charge on any atom is 0.271 e. The topological polar surface area (TPSA) is 93.2 Å². The summed E-state index contributed by atoms with van der Waals surface area (Å²) in [7, 11) is 1.74. The first-order valence-corrected chi connectivity index (χ1v) is 7.78. The number of hydrogen-bond donors (Lipinski definition) is 3. The van der Waals surface area contributed by atoms with Gasteiger partial charge in [-0.05, 0) is 31.1 Å². The number of carbonyl (C=O) groups excluding carboxylic acids is 1. The third kappa shape index (κ3) is 3.37. The molecule has 0 spiro atoms. The first kappa shape index (κ1) is 15.8. The maximum atomic E-state index is 12.3. The Labute approximate surface area is 125 Å². The van der Waals surface area contributed by atoms with E-state index in [1.54, 1.807) is 11.7 Å². The lowest BCUT2D eigenvalue weighted by Gasteiger charge is -2.30. The van der Waals surface area contributed by atoms with Crippen LogP contribution in [0, 0.1) is 11.8 Å². The number of carbonyl (C=O) groups is 1. The molecule has 1 fully saturated rings. The van der Waals surface area contributed by atoms with Crippen molar-refractivity contribution in [2.24, 2.45) is 18.9 Å². The molecule has 1 heterocycles. The zero-order valence-electron chi connectivity index (χ0n) is 12.9. The van der Waals surface area contributed by atoms with Crippen LogP contribution >= 0.6 is 0 Å². The van der Waals surface area contributed by atoms with Gasteiger partial charge in [0, 0.05) is 20.2 Å². The molecule has 1 aliphatic rings. The number of nitrogens with two attached hydrogens (primary N) is 1. The molecule has 4 N–H and O–H groups in total. The quantitative estimate of drug-likeness (QED) is 0.758. The highest BCUT2D eigenvalue weighted by molar-refractivity contribution is 5.97. The van der Waals surface area contributed by atoms with Crippen LogP contribution in [0.2, 0.25) is 0 Å². The largest absolute Gasteiger partial charge is 0.396 e. The van der Waals surface area contributed by atoms with Crippen molar-refractivity contribution in [1.29, 1.82) is 0 Å². The average molecular weight is 294 g/mol. The van der Waals surface area contributed by atoms with E-state index in [0.717, 1.165) is 18.5 Å². The van der Waals surface area contributed by atoms with Crippen LogP contribution in [0.5, 0.6) is 0 Å². The van der Waals surface area contributed by atoms with Crippen molar-refractivity contribution in [1.82, 2.24) is 15.1 Å². The third-order valence-corrected chi connectivity index (χ3v) is 4.54. The monoisotopic (exact) mass is 294 g/mol. The molecule has 21 heavy (non-hydrogen) atoms. The molecule has 1 aromatic rings. The molecule has 6 heteroatoms. The molecule has 1 amide bonds. The lowest BCUT2D eigenvalue weighted by atomic mass is 9.79. The van der Waals surface area contributed by atoms with Gasteiger partial charge in [-0.25, -0.2) is 0 Å². The van der Waals surface area contributed by atoms with Crippen molar-refractivity contribution in [3.8, 4) is 0 Å². The highest BCUT2D eigenvalue weighted by Gasteiger charge is 2.26. The standard InChI is InChI=1S/C15H26N4O2/c1-3-12-13(16)14(19(2)18-12)15(21)17-8-10-6-4-5-7-11(10)9-20/h10-11,20H,3-9,16H2,1-2H3,(H,17,21). The zero-order chi connectivity index (χ0) is 15.4. The van der Waals surface area contributed by atoms with E-state index in [1.807, 2.05) is 6.92 Å². The average Bonchev–Trinajstić information content (AvgIpc) is 2.79. The number of hydrogen-bond acceptors (Lipinski definition) is 4. The van der Waals surface area contributed by atoms with E-state index >= 15 is 0 Å². The molecule has 1 aliphatic carbocycles. The molecule has 1 saturated carbocycles. The van der Waals surface area contributed by atoms with Crippen LogP contribution in [0.4, 0.5) is 5.69 Å². The Balaban J connectivity index is 2.00. The van der Waals surface area contributed by atoms with Crippen LogP contribution in [0.15, 0.2) is 0 Å². The predicted octanol–water partition coefficient (Wildman–Crippen LogP) is 1.09. The fourth-order valence-electron chi connectivity index (χ4n) is 3.23. The van der Waals surface area contributed by atoms with Gasteiger partial charge in [0.2, 0.25) is 0 Å². The van der Waals surface area contributed by atoms with Crippen molar-refractivity contribution < 1.29 is 9.90 Å². The second-order valence-electron chi connectivity index (χ2n) is 5.88. The summed E-state index contributed by atoms with van der Waals surface area (Å²) in [5.74, 6) is 0.478. The Morgan fingerprint density at radius 3 is 2.67 bits per heavy atom. The van der Waals surface area contributed by atoms with Gasteiger partial charge >= 0.3 is 0 Å². The molecule has 2 atom stereocenters. The van der Waals surface area contributed by atoms with Crippen LogP contribution < -0.4 is 11.1 Å². The van der Waals surface area contributed by atoms with Crippen molar-refractivity contribution in [2.45, 2.75) is 39.0 Å². The van der Waals surface area contributed by atoms with Gasteiger partial charge in [0.05, 0.1) is 11.4 Å². The zero-order valence-corrected chi connectivity index (χ0v) is 12.9. The van der Waals surface area contributed by atoms with E-state index in [9.17, 15) is 9.90 Å². The summed E-state index contributed by atoms with van der Waals surface area (Å²) >= 11 is 0. The van der Waals surface area contributed by atoms with Crippen LogP contribution in [-0.4, -0.2) is 33.9 Å². The van der Waals surface area contributed by atoms with Gasteiger partial charge in [-0.3, -0.25) is 9.48 Å². The summed E-state index contributed by atoms with van der Waals surface area (Å²) < 4.78 is 1.55. The first-order chi connectivity index (χ1) is 10.1. The molecule has 0 bridgehead atoms. The Morgan fingerprint density at radius 1 is 1.43 bits per heavy atom. The smallest absolute Gasteiger partial charge is 0.271 e. The van der Waals surface area contributed by atoms with E-state index in [0.29, 0.717) is 36.2 Å². The van der Waals surface area contributed by atoms with Gasteiger partial charge in [0.25, 0.3) is 5.91 Å². The fraction of sp³-hybridized carbons (Fsp3) is 0.733. The van der Waals surface area contributed by atoms with Crippen molar-refractivity contribution in [3.05, 3.63) is 11.4 Å². The summed E-state index contributed by atoms with van der Waals surface area (Å²) in [5.41, 5.74) is 7.66. The minimum Gasteiger partial charge on any atom is -0.396 e. The van der Waals surface area contributed by atoms with E-state index < -0.39 is 0 Å². The van der Waals surface area contributed by atoms with Crippen molar-refractivity contribution in [2.75, 3.05) is 18.9 Å². The summed E-state index contributed by atoms with van der Waals surface area (Å²) in [6.45, 7) is 2.76. The van der Waals surface area contributed by atoms with Crippen molar-refractivity contribution in [3.63, 3.8) is 0 Å². The molecular formula is C15H26N4O2. The van der Waals surface area contributed by atoms with Gasteiger partial charge in [-0.1, -0.05) is 19.8 Å². The molecule has 118 valence electrons. The predicted molar refractivity (Wildman–Crippen MR) is 81.9 cm³/mol. The van der Waals surface area contributed by atoms with E-state index in [2.05, 4.69) is 10.4 Å². The summed E-state index contributed by atoms with van der Waals surface area (Å²) in [4.78, 5) is 12.3. The van der Waals surface area contributed by atoms with Gasteiger partial charge in [0.15, 0.2) is 0 Å². The van der Waals surface area contributed by atoms with Crippen LogP contribution in [-0.2, 0) is 13.5 Å². The second kappa shape index (κ2) is 6.93. The molecule has 2 rings (SSSR count). The maximum absolute atomic E-state index is 12.3. The number of amides is 1. The van der Waals surface area contributed by atoms with Crippen molar-refractivity contribution >= 4 is 11.6 Å². The molecular weight excluding hydrogens is 268 g/mol. The molecule has 0 radical (unpaired) electrons. The van der Waals surface area contributed by atoms with Gasteiger partial charge in [-0.15, -0.1) is 0 Å². The van der Waals surface area contributed by atoms with Crippen LogP contribution in [0.1, 0.15) is 48.8 Å². The third-order valence-electron chi connectivity index (χ3n) is 4.54. The normalized spacial score (nSPS) is 22.2. The first-order valence-electron chi connectivity index (χ1n) is 7.78. The van der Waals surface area contributed by atoms with Gasteiger partial charge < -0.3 is 16.2 Å². The van der Waals surface area contributed by atoms with E-state index in [4.69, 9.17) is 5.73 Å². The molecule has 1 aromatic heterocycles. The second-order valence-corrected chi connectivity index (χ2v) is 5.88. The van der Waals surface area contributed by atoms with Gasteiger partial charge in [0.1, 0.15) is 5.69 Å². The number of nitrogen functional groups attached to an aromatic ring is 1. The SMILES string of the molecule is CCc1nn(C)c(C(=O)NCC2CCCCC2CO)c1N. The highest BCUT2D eigenvalue weighted by atomic mass is 16.3. The number of aromatic nitrogens is 2. The Kier molecular flexibility index (Phi) is 5.22. The fourth-order valence-corrected chi connectivity index (χ4v) is 3.23. The number of rotatable bonds is 5. The summed E-state index contributed by atoms with van der Waals surface area (Å²) in [5, 5.41) is 16.6. The number of nitrogens with zero attached hydrogens (tertiary/aromatic N) is 2. The Morgan fingerprint density at radius 2 is 2.10 bits per heavy atom. The van der Waals surface area contributed by atoms with Crippen LogP contribution in [0.3, 0.4) is 0 Å². The molecule has 6 nitrogen and oxygen atoms in total. The Bertz CT molecular complexity index is 498. The molecule has 0 aliphatic heterocycles. The number of anilines is 1. The lowest BCUT2D eigenvalue weighted by molar-refractivity contribution is 0.0901. The number of aliphatic hydroxyl groups is 1. The number of aryl methyl sites for hydroxylation is 2. The van der Waals surface area contributed by atoms with Gasteiger partial charge in [-0.2, -0.15) is 5.10 Å².